The van der Waals surface area contributed by atoms with E-state index in [1.54, 1.807) is 0 Å². The lowest BCUT2D eigenvalue weighted by Gasteiger charge is -2.26. The molecule has 0 heterocycles. The molecular weight excluding hydrogens is 238 g/mol. The number of carbonyl (C=O) groups is 1. The number of carbonyl (C=O) groups excluding carboxylic acids is 1. The third-order valence-corrected chi connectivity index (χ3v) is 3.53. The van der Waals surface area contributed by atoms with E-state index in [4.69, 9.17) is 4.74 Å². The minimum atomic E-state index is -1.60. The topological polar surface area (TPSA) is 26.3 Å². The summed E-state index contributed by atoms with van der Waals surface area (Å²) in [6, 6.07) is 0. The van der Waals surface area contributed by atoms with E-state index in [0.29, 0.717) is 18.9 Å². The lowest BCUT2D eigenvalue weighted by Crippen LogP contribution is -2.24. The van der Waals surface area contributed by atoms with Gasteiger partial charge in [-0.3, -0.25) is 4.79 Å². The summed E-state index contributed by atoms with van der Waals surface area (Å²) in [4.78, 5) is 11.7. The maximum atomic E-state index is 12.0. The molecule has 0 atom stereocenters. The Morgan fingerprint density at radius 1 is 1.28 bits per heavy atom. The highest BCUT2D eigenvalue weighted by atomic mass is 19.3. The van der Waals surface area contributed by atoms with Crippen LogP contribution >= 0.6 is 0 Å². The molecule has 0 unspecified atom stereocenters. The van der Waals surface area contributed by atoms with E-state index in [1.165, 1.54) is 0 Å². The van der Waals surface area contributed by atoms with Gasteiger partial charge in [-0.15, -0.1) is 0 Å². The van der Waals surface area contributed by atoms with Crippen LogP contribution in [0.3, 0.4) is 0 Å². The van der Waals surface area contributed by atoms with Crippen LogP contribution in [0.1, 0.15) is 51.9 Å². The van der Waals surface area contributed by atoms with Crippen molar-refractivity contribution < 1.29 is 18.3 Å². The minimum absolute atomic E-state index is 0.0164. The summed E-state index contributed by atoms with van der Waals surface area (Å²) >= 11 is 0. The fourth-order valence-corrected chi connectivity index (χ4v) is 2.32. The number of rotatable bonds is 6. The Bertz CT molecular complexity index is 278. The summed E-state index contributed by atoms with van der Waals surface area (Å²) < 4.78 is 29.1. The summed E-state index contributed by atoms with van der Waals surface area (Å²) in [5.41, 5.74) is 0. The number of hydrogen-bond acceptors (Lipinski definition) is 2. The lowest BCUT2D eigenvalue weighted by atomic mass is 9.80. The van der Waals surface area contributed by atoms with Crippen LogP contribution in [0.15, 0.2) is 12.2 Å². The average molecular weight is 260 g/mol. The Morgan fingerprint density at radius 3 is 2.50 bits per heavy atom. The first-order chi connectivity index (χ1) is 8.63. The Balaban J connectivity index is 2.22. The molecule has 0 aromatic heterocycles. The second-order valence-corrected chi connectivity index (χ2v) is 4.97. The zero-order valence-electron chi connectivity index (χ0n) is 11.0. The zero-order valence-corrected chi connectivity index (χ0v) is 11.0. The molecule has 1 aliphatic rings. The number of hydrogen-bond donors (Lipinski definition) is 0. The predicted octanol–water partition coefficient (Wildman–Crippen LogP) is 4.31. The largest absolute Gasteiger partial charge is 0.465 e. The van der Waals surface area contributed by atoms with Gasteiger partial charge >= 0.3 is 5.97 Å². The molecule has 1 saturated carbocycles. The molecule has 0 spiro atoms. The number of esters is 1. The molecule has 1 rings (SSSR count). The standard InChI is InChI=1S/C14H22F2O2/c1-2-3-10-18-14(17)12-7-4-11(5-8-12)6-9-13(15)16/h9,11-12H,2-8,10H2,1H3/t11-,12+. The van der Waals surface area contributed by atoms with Gasteiger partial charge in [0, 0.05) is 0 Å². The molecule has 0 aliphatic heterocycles. The summed E-state index contributed by atoms with van der Waals surface area (Å²) in [7, 11) is 0. The maximum Gasteiger partial charge on any atom is 0.308 e. The van der Waals surface area contributed by atoms with Crippen molar-refractivity contribution in [2.75, 3.05) is 6.61 Å². The fourth-order valence-electron chi connectivity index (χ4n) is 2.32. The normalized spacial score (nSPS) is 23.5. The van der Waals surface area contributed by atoms with Gasteiger partial charge in [-0.1, -0.05) is 13.3 Å². The van der Waals surface area contributed by atoms with Crippen LogP contribution in [-0.4, -0.2) is 12.6 Å². The van der Waals surface area contributed by atoms with Crippen molar-refractivity contribution in [3.63, 3.8) is 0 Å². The van der Waals surface area contributed by atoms with Gasteiger partial charge in [-0.05, 0) is 50.5 Å². The molecular formula is C14H22F2O2. The Labute approximate surface area is 107 Å². The average Bonchev–Trinajstić information content (AvgIpc) is 2.37. The van der Waals surface area contributed by atoms with E-state index in [1.807, 2.05) is 0 Å². The van der Waals surface area contributed by atoms with Gasteiger partial charge in [-0.25, -0.2) is 0 Å². The quantitative estimate of drug-likeness (QED) is 0.525. The molecule has 0 aromatic carbocycles. The van der Waals surface area contributed by atoms with E-state index in [-0.39, 0.29) is 11.9 Å². The highest BCUT2D eigenvalue weighted by Gasteiger charge is 2.26. The van der Waals surface area contributed by atoms with Crippen LogP contribution in [0, 0.1) is 11.8 Å². The smallest absolute Gasteiger partial charge is 0.308 e. The third kappa shape index (κ3) is 5.61. The molecule has 0 bridgehead atoms. The van der Waals surface area contributed by atoms with Gasteiger partial charge in [0.1, 0.15) is 0 Å². The molecule has 104 valence electrons. The van der Waals surface area contributed by atoms with Crippen molar-refractivity contribution in [3.8, 4) is 0 Å². The minimum Gasteiger partial charge on any atom is -0.465 e. The van der Waals surface area contributed by atoms with Crippen molar-refractivity contribution in [3.05, 3.63) is 12.2 Å². The molecule has 4 heteroatoms. The van der Waals surface area contributed by atoms with E-state index >= 15 is 0 Å². The summed E-state index contributed by atoms with van der Waals surface area (Å²) in [5, 5.41) is 0. The summed E-state index contributed by atoms with van der Waals surface area (Å²) in [6.07, 6.45) is 4.98. The highest BCUT2D eigenvalue weighted by Crippen LogP contribution is 2.32. The first-order valence-electron chi connectivity index (χ1n) is 6.81. The number of halogens is 2. The number of allylic oxidation sites excluding steroid dienone is 1. The van der Waals surface area contributed by atoms with Crippen LogP contribution in [0.4, 0.5) is 8.78 Å². The van der Waals surface area contributed by atoms with Crippen molar-refractivity contribution in [2.24, 2.45) is 11.8 Å². The van der Waals surface area contributed by atoms with E-state index in [9.17, 15) is 13.6 Å². The molecule has 0 saturated heterocycles. The third-order valence-electron chi connectivity index (χ3n) is 3.53. The van der Waals surface area contributed by atoms with Crippen molar-refractivity contribution in [2.45, 2.75) is 51.9 Å². The van der Waals surface area contributed by atoms with Crippen LogP contribution in [0.2, 0.25) is 0 Å². The maximum absolute atomic E-state index is 12.0. The van der Waals surface area contributed by atoms with Crippen molar-refractivity contribution in [1.29, 1.82) is 0 Å². The van der Waals surface area contributed by atoms with E-state index in [0.717, 1.165) is 44.6 Å². The Kier molecular flexibility index (Phi) is 6.91. The highest BCUT2D eigenvalue weighted by molar-refractivity contribution is 5.72. The Hall–Kier alpha value is -0.930. The van der Waals surface area contributed by atoms with Crippen LogP contribution in [0.5, 0.6) is 0 Å². The summed E-state index contributed by atoms with van der Waals surface area (Å²) in [6.45, 7) is 2.56. The van der Waals surface area contributed by atoms with E-state index in [2.05, 4.69) is 6.92 Å². The van der Waals surface area contributed by atoms with Crippen LogP contribution < -0.4 is 0 Å². The predicted molar refractivity (Wildman–Crippen MR) is 66.2 cm³/mol. The Morgan fingerprint density at radius 2 is 1.94 bits per heavy atom. The molecule has 1 fully saturated rings. The van der Waals surface area contributed by atoms with Crippen LogP contribution in [-0.2, 0) is 9.53 Å². The van der Waals surface area contributed by atoms with Crippen molar-refractivity contribution in [1.82, 2.24) is 0 Å². The summed E-state index contributed by atoms with van der Waals surface area (Å²) in [5.74, 6) is 0.178. The van der Waals surface area contributed by atoms with Gasteiger partial charge in [0.2, 0.25) is 0 Å². The number of ether oxygens (including phenoxy) is 1. The van der Waals surface area contributed by atoms with E-state index < -0.39 is 6.08 Å². The van der Waals surface area contributed by atoms with Gasteiger partial charge in [0.05, 0.1) is 12.5 Å². The van der Waals surface area contributed by atoms with Crippen molar-refractivity contribution >= 4 is 5.97 Å². The molecule has 0 N–H and O–H groups in total. The molecule has 1 aliphatic carbocycles. The molecule has 18 heavy (non-hydrogen) atoms. The molecule has 0 amide bonds. The molecule has 0 aromatic rings. The molecule has 2 nitrogen and oxygen atoms in total. The fraction of sp³-hybridized carbons (Fsp3) is 0.786. The molecule has 0 radical (unpaired) electrons. The second-order valence-electron chi connectivity index (χ2n) is 4.97. The monoisotopic (exact) mass is 260 g/mol. The van der Waals surface area contributed by atoms with Gasteiger partial charge in [-0.2, -0.15) is 8.78 Å². The first-order valence-corrected chi connectivity index (χ1v) is 6.81. The lowest BCUT2D eigenvalue weighted by molar-refractivity contribution is -0.150. The second kappa shape index (κ2) is 8.22. The van der Waals surface area contributed by atoms with Crippen LogP contribution in [0.25, 0.3) is 0 Å². The van der Waals surface area contributed by atoms with Gasteiger partial charge in [0.25, 0.3) is 6.08 Å². The first kappa shape index (κ1) is 15.1. The van der Waals surface area contributed by atoms with Gasteiger partial charge in [0.15, 0.2) is 0 Å². The van der Waals surface area contributed by atoms with Gasteiger partial charge < -0.3 is 4.74 Å². The number of unbranched alkanes of at least 4 members (excludes halogenated alkanes) is 1. The zero-order chi connectivity index (χ0) is 13.4. The SMILES string of the molecule is CCCCOC(=O)[C@H]1CC[C@@H](CC=C(F)F)CC1.